The molecule has 1 unspecified atom stereocenters. The van der Waals surface area contributed by atoms with E-state index in [9.17, 15) is 4.79 Å². The molecule has 0 saturated carbocycles. The highest BCUT2D eigenvalue weighted by atomic mass is 16.2. The summed E-state index contributed by atoms with van der Waals surface area (Å²) < 4.78 is 1.62. The van der Waals surface area contributed by atoms with Crippen LogP contribution >= 0.6 is 0 Å². The second-order valence-corrected chi connectivity index (χ2v) is 5.30. The maximum atomic E-state index is 12.3. The summed E-state index contributed by atoms with van der Waals surface area (Å²) in [7, 11) is 0. The fourth-order valence-corrected chi connectivity index (χ4v) is 2.88. The Kier molecular flexibility index (Phi) is 3.94. The predicted octanol–water partition coefficient (Wildman–Crippen LogP) is 1.60. The first-order chi connectivity index (χ1) is 10.3. The van der Waals surface area contributed by atoms with Crippen LogP contribution in [-0.4, -0.2) is 37.6 Å². The minimum absolute atomic E-state index is 0.00276. The minimum Gasteiger partial charge on any atom is -0.331 e. The van der Waals surface area contributed by atoms with Gasteiger partial charge in [0, 0.05) is 6.54 Å². The molecule has 0 fully saturated rings. The van der Waals surface area contributed by atoms with E-state index >= 15 is 0 Å². The molecule has 1 aromatic carbocycles. The van der Waals surface area contributed by atoms with E-state index in [1.165, 1.54) is 5.56 Å². The smallest absolute Gasteiger partial charge is 0.245 e. The molecule has 2 aromatic rings. The van der Waals surface area contributed by atoms with Crippen molar-refractivity contribution < 1.29 is 4.79 Å². The highest BCUT2D eigenvalue weighted by molar-refractivity contribution is 5.77. The monoisotopic (exact) mass is 285 g/mol. The maximum absolute atomic E-state index is 12.3. The van der Waals surface area contributed by atoms with Crippen molar-refractivity contribution in [2.24, 2.45) is 0 Å². The van der Waals surface area contributed by atoms with Crippen LogP contribution in [0.1, 0.15) is 37.2 Å². The van der Waals surface area contributed by atoms with Crippen LogP contribution in [0, 0.1) is 0 Å². The SMILES string of the molecule is CCC1c2nnnn2CC(=O)N1CCCc1ccccc1. The third-order valence-corrected chi connectivity index (χ3v) is 3.93. The minimum atomic E-state index is -0.00276. The number of carbonyl (C=O) groups is 1. The molecule has 21 heavy (non-hydrogen) atoms. The Hall–Kier alpha value is -2.24. The zero-order valence-corrected chi connectivity index (χ0v) is 12.1. The van der Waals surface area contributed by atoms with Gasteiger partial charge in [-0.3, -0.25) is 4.79 Å². The Bertz CT molecular complexity index is 610. The number of tetrazole rings is 1. The molecule has 1 aliphatic rings. The Labute approximate surface area is 123 Å². The first kappa shape index (κ1) is 13.7. The van der Waals surface area contributed by atoms with Gasteiger partial charge in [-0.2, -0.15) is 0 Å². The largest absolute Gasteiger partial charge is 0.331 e. The molecule has 2 heterocycles. The quantitative estimate of drug-likeness (QED) is 0.837. The molecule has 0 aliphatic carbocycles. The van der Waals surface area contributed by atoms with Gasteiger partial charge >= 0.3 is 0 Å². The molecule has 0 N–H and O–H groups in total. The Balaban J connectivity index is 1.66. The summed E-state index contributed by atoms with van der Waals surface area (Å²) in [4.78, 5) is 14.2. The Morgan fingerprint density at radius 3 is 2.86 bits per heavy atom. The molecule has 0 spiro atoms. The molecule has 1 atom stereocenters. The van der Waals surface area contributed by atoms with Crippen LogP contribution in [0.15, 0.2) is 30.3 Å². The van der Waals surface area contributed by atoms with E-state index in [-0.39, 0.29) is 18.5 Å². The van der Waals surface area contributed by atoms with Gasteiger partial charge in [-0.05, 0) is 35.3 Å². The lowest BCUT2D eigenvalue weighted by Gasteiger charge is -2.34. The topological polar surface area (TPSA) is 63.9 Å². The number of fused-ring (bicyclic) bond motifs is 1. The van der Waals surface area contributed by atoms with Crippen molar-refractivity contribution in [2.75, 3.05) is 6.54 Å². The number of aromatic nitrogens is 4. The van der Waals surface area contributed by atoms with Crippen molar-refractivity contribution in [1.82, 2.24) is 25.1 Å². The Morgan fingerprint density at radius 2 is 2.10 bits per heavy atom. The van der Waals surface area contributed by atoms with Crippen LogP contribution < -0.4 is 0 Å². The lowest BCUT2D eigenvalue weighted by atomic mass is 10.1. The summed E-state index contributed by atoms with van der Waals surface area (Å²) in [5.41, 5.74) is 1.31. The van der Waals surface area contributed by atoms with Gasteiger partial charge in [-0.15, -0.1) is 5.10 Å². The fourth-order valence-electron chi connectivity index (χ4n) is 2.88. The van der Waals surface area contributed by atoms with Crippen LogP contribution in [0.3, 0.4) is 0 Å². The lowest BCUT2D eigenvalue weighted by molar-refractivity contribution is -0.137. The highest BCUT2D eigenvalue weighted by Gasteiger charge is 2.33. The summed E-state index contributed by atoms with van der Waals surface area (Å²) in [6.07, 6.45) is 2.76. The first-order valence-electron chi connectivity index (χ1n) is 7.39. The fraction of sp³-hybridized carbons (Fsp3) is 0.467. The van der Waals surface area contributed by atoms with Gasteiger partial charge in [0.15, 0.2) is 5.82 Å². The molecule has 1 amide bonds. The molecule has 0 radical (unpaired) electrons. The number of benzene rings is 1. The number of hydrogen-bond donors (Lipinski definition) is 0. The van der Waals surface area contributed by atoms with Gasteiger partial charge in [0.05, 0.1) is 6.04 Å². The number of carbonyl (C=O) groups excluding carboxylic acids is 1. The van der Waals surface area contributed by atoms with Crippen molar-refractivity contribution in [1.29, 1.82) is 0 Å². The number of amides is 1. The van der Waals surface area contributed by atoms with Crippen LogP contribution in [0.5, 0.6) is 0 Å². The second-order valence-electron chi connectivity index (χ2n) is 5.30. The second kappa shape index (κ2) is 6.03. The number of hydrogen-bond acceptors (Lipinski definition) is 4. The molecule has 3 rings (SSSR count). The van der Waals surface area contributed by atoms with Gasteiger partial charge in [0.25, 0.3) is 0 Å². The number of aryl methyl sites for hydroxylation is 1. The summed E-state index contributed by atoms with van der Waals surface area (Å²) >= 11 is 0. The third kappa shape index (κ3) is 2.79. The summed E-state index contributed by atoms with van der Waals surface area (Å²) in [6, 6.07) is 10.3. The average Bonchev–Trinajstić information content (AvgIpc) is 2.96. The molecule has 6 nitrogen and oxygen atoms in total. The molecule has 110 valence electrons. The van der Waals surface area contributed by atoms with E-state index < -0.39 is 0 Å². The maximum Gasteiger partial charge on any atom is 0.245 e. The van der Waals surface area contributed by atoms with Gasteiger partial charge in [-0.25, -0.2) is 4.68 Å². The normalized spacial score (nSPS) is 17.9. The van der Waals surface area contributed by atoms with E-state index in [1.807, 2.05) is 23.1 Å². The highest BCUT2D eigenvalue weighted by Crippen LogP contribution is 2.26. The molecule has 0 bridgehead atoms. The summed E-state index contributed by atoms with van der Waals surface area (Å²) in [5.74, 6) is 0.909. The van der Waals surface area contributed by atoms with Crippen molar-refractivity contribution >= 4 is 5.91 Å². The first-order valence-corrected chi connectivity index (χ1v) is 7.39. The average molecular weight is 285 g/mol. The van der Waals surface area contributed by atoms with Crippen LogP contribution in [-0.2, 0) is 17.8 Å². The molecule has 1 aromatic heterocycles. The van der Waals surface area contributed by atoms with E-state index in [0.717, 1.165) is 31.6 Å². The van der Waals surface area contributed by atoms with E-state index in [1.54, 1.807) is 4.68 Å². The lowest BCUT2D eigenvalue weighted by Crippen LogP contribution is -2.43. The van der Waals surface area contributed by atoms with Crippen molar-refractivity contribution in [2.45, 2.75) is 38.8 Å². The summed E-state index contributed by atoms with van der Waals surface area (Å²) in [6.45, 7) is 3.07. The third-order valence-electron chi connectivity index (χ3n) is 3.93. The van der Waals surface area contributed by atoms with E-state index in [2.05, 4.69) is 34.6 Å². The standard InChI is InChI=1S/C15H19N5O/c1-2-13-15-16-17-18-20(15)11-14(21)19(13)10-6-9-12-7-4-3-5-8-12/h3-5,7-8,13H,2,6,9-11H2,1H3. The van der Waals surface area contributed by atoms with Gasteiger partial charge in [0.2, 0.25) is 5.91 Å². The number of rotatable bonds is 5. The molecule has 1 aliphatic heterocycles. The Morgan fingerprint density at radius 1 is 1.29 bits per heavy atom. The van der Waals surface area contributed by atoms with Crippen LogP contribution in [0.2, 0.25) is 0 Å². The van der Waals surface area contributed by atoms with Crippen LogP contribution in [0.25, 0.3) is 0 Å². The van der Waals surface area contributed by atoms with Crippen molar-refractivity contribution in [3.05, 3.63) is 41.7 Å². The number of nitrogens with zero attached hydrogens (tertiary/aromatic N) is 5. The van der Waals surface area contributed by atoms with Crippen LogP contribution in [0.4, 0.5) is 0 Å². The molecule has 0 saturated heterocycles. The van der Waals surface area contributed by atoms with Crippen molar-refractivity contribution in [3.8, 4) is 0 Å². The zero-order valence-electron chi connectivity index (χ0n) is 12.1. The predicted molar refractivity (Wildman–Crippen MR) is 77.3 cm³/mol. The molecular weight excluding hydrogens is 266 g/mol. The van der Waals surface area contributed by atoms with Gasteiger partial charge in [0.1, 0.15) is 6.54 Å². The zero-order chi connectivity index (χ0) is 14.7. The van der Waals surface area contributed by atoms with Gasteiger partial charge in [-0.1, -0.05) is 37.3 Å². The van der Waals surface area contributed by atoms with Crippen molar-refractivity contribution in [3.63, 3.8) is 0 Å². The molecule has 6 heteroatoms. The van der Waals surface area contributed by atoms with Gasteiger partial charge < -0.3 is 4.90 Å². The summed E-state index contributed by atoms with van der Waals surface area (Å²) in [5, 5.41) is 11.6. The molecular formula is C15H19N5O. The van der Waals surface area contributed by atoms with E-state index in [4.69, 9.17) is 0 Å². The van der Waals surface area contributed by atoms with E-state index in [0.29, 0.717) is 0 Å².